The Bertz CT molecular complexity index is 849. The van der Waals surface area contributed by atoms with Crippen LogP contribution in [0, 0.1) is 11.6 Å². The molecule has 0 saturated heterocycles. The van der Waals surface area contributed by atoms with Crippen LogP contribution in [0.3, 0.4) is 0 Å². The summed E-state index contributed by atoms with van der Waals surface area (Å²) < 4.78 is 27.3. The van der Waals surface area contributed by atoms with Crippen molar-refractivity contribution in [3.8, 4) is 11.3 Å². The van der Waals surface area contributed by atoms with E-state index in [0.29, 0.717) is 5.69 Å². The second-order valence-corrected chi connectivity index (χ2v) is 5.03. The highest BCUT2D eigenvalue weighted by molar-refractivity contribution is 5.94. The first-order valence-electron chi connectivity index (χ1n) is 7.23. The van der Waals surface area contributed by atoms with Crippen LogP contribution in [0.4, 0.5) is 8.78 Å². The number of halogens is 2. The van der Waals surface area contributed by atoms with Gasteiger partial charge < -0.3 is 5.32 Å². The summed E-state index contributed by atoms with van der Waals surface area (Å²) in [7, 11) is 0. The Kier molecular flexibility index (Phi) is 4.56. The molecule has 0 unspecified atom stereocenters. The zero-order chi connectivity index (χ0) is 16.9. The summed E-state index contributed by atoms with van der Waals surface area (Å²) >= 11 is 0. The quantitative estimate of drug-likeness (QED) is 0.800. The third-order valence-electron chi connectivity index (χ3n) is 3.47. The third-order valence-corrected chi connectivity index (χ3v) is 3.47. The van der Waals surface area contributed by atoms with Crippen molar-refractivity contribution in [1.29, 1.82) is 0 Å². The van der Waals surface area contributed by atoms with E-state index in [1.54, 1.807) is 42.9 Å². The van der Waals surface area contributed by atoms with Crippen LogP contribution >= 0.6 is 0 Å². The van der Waals surface area contributed by atoms with Crippen molar-refractivity contribution in [2.45, 2.75) is 6.54 Å². The molecule has 0 aliphatic carbocycles. The molecule has 1 amide bonds. The maximum Gasteiger partial charge on any atom is 0.257 e. The van der Waals surface area contributed by atoms with Gasteiger partial charge in [0.15, 0.2) is 0 Å². The van der Waals surface area contributed by atoms with Crippen LogP contribution in [0.15, 0.2) is 61.1 Å². The number of benzene rings is 1. The van der Waals surface area contributed by atoms with Gasteiger partial charge in [-0.15, -0.1) is 0 Å². The SMILES string of the molecule is O=C(NCc1cccnc1-c1ccncc1)c1c(F)cccc1F. The van der Waals surface area contributed by atoms with Crippen LogP contribution in [0.25, 0.3) is 11.3 Å². The molecule has 0 aliphatic rings. The predicted molar refractivity (Wildman–Crippen MR) is 85.0 cm³/mol. The van der Waals surface area contributed by atoms with E-state index in [0.717, 1.165) is 23.3 Å². The number of hydrogen-bond donors (Lipinski definition) is 1. The number of amides is 1. The number of carbonyl (C=O) groups is 1. The van der Waals surface area contributed by atoms with Crippen molar-refractivity contribution in [3.63, 3.8) is 0 Å². The van der Waals surface area contributed by atoms with Crippen LogP contribution in [-0.4, -0.2) is 15.9 Å². The Labute approximate surface area is 137 Å². The number of nitrogens with one attached hydrogen (secondary N) is 1. The fourth-order valence-electron chi connectivity index (χ4n) is 2.33. The Morgan fingerprint density at radius 1 is 0.958 bits per heavy atom. The number of pyridine rings is 2. The van der Waals surface area contributed by atoms with Gasteiger partial charge in [-0.25, -0.2) is 8.78 Å². The highest BCUT2D eigenvalue weighted by atomic mass is 19.1. The highest BCUT2D eigenvalue weighted by Crippen LogP contribution is 2.20. The Morgan fingerprint density at radius 3 is 2.38 bits per heavy atom. The minimum atomic E-state index is -0.895. The van der Waals surface area contributed by atoms with Crippen LogP contribution in [0.2, 0.25) is 0 Å². The normalized spacial score (nSPS) is 10.4. The summed E-state index contributed by atoms with van der Waals surface area (Å²) in [5.41, 5.74) is 1.65. The average Bonchev–Trinajstić information content (AvgIpc) is 2.61. The highest BCUT2D eigenvalue weighted by Gasteiger charge is 2.17. The van der Waals surface area contributed by atoms with Gasteiger partial charge in [0, 0.05) is 30.7 Å². The first kappa shape index (κ1) is 15.7. The van der Waals surface area contributed by atoms with Crippen LogP contribution in [0.1, 0.15) is 15.9 Å². The molecule has 2 aromatic heterocycles. The van der Waals surface area contributed by atoms with Gasteiger partial charge in [-0.1, -0.05) is 12.1 Å². The summed E-state index contributed by atoms with van der Waals surface area (Å²) in [6.45, 7) is 0.0953. The van der Waals surface area contributed by atoms with E-state index in [4.69, 9.17) is 0 Å². The van der Waals surface area contributed by atoms with E-state index in [2.05, 4.69) is 15.3 Å². The summed E-state index contributed by atoms with van der Waals surface area (Å²) in [5, 5.41) is 2.53. The van der Waals surface area contributed by atoms with Crippen molar-refractivity contribution >= 4 is 5.91 Å². The maximum absolute atomic E-state index is 13.7. The first-order valence-corrected chi connectivity index (χ1v) is 7.23. The lowest BCUT2D eigenvalue weighted by Gasteiger charge is -2.10. The fraction of sp³-hybridized carbons (Fsp3) is 0.0556. The fourth-order valence-corrected chi connectivity index (χ4v) is 2.33. The molecule has 4 nitrogen and oxygen atoms in total. The van der Waals surface area contributed by atoms with Crippen LogP contribution in [0.5, 0.6) is 0 Å². The van der Waals surface area contributed by atoms with Gasteiger partial charge in [0.25, 0.3) is 5.91 Å². The largest absolute Gasteiger partial charge is 0.348 e. The molecule has 0 spiro atoms. The van der Waals surface area contributed by atoms with Crippen LogP contribution in [-0.2, 0) is 6.54 Å². The van der Waals surface area contributed by atoms with Crippen molar-refractivity contribution < 1.29 is 13.6 Å². The molecule has 0 fully saturated rings. The van der Waals surface area contributed by atoms with Gasteiger partial charge >= 0.3 is 0 Å². The van der Waals surface area contributed by atoms with Gasteiger partial charge in [0.1, 0.15) is 17.2 Å². The second-order valence-electron chi connectivity index (χ2n) is 5.03. The number of aromatic nitrogens is 2. The van der Waals surface area contributed by atoms with Gasteiger partial charge in [-0.2, -0.15) is 0 Å². The minimum absolute atomic E-state index is 0.0953. The molecule has 3 rings (SSSR count). The van der Waals surface area contributed by atoms with Crippen molar-refractivity contribution in [3.05, 3.63) is 83.8 Å². The Morgan fingerprint density at radius 2 is 1.67 bits per heavy atom. The number of carbonyl (C=O) groups excluding carboxylic acids is 1. The lowest BCUT2D eigenvalue weighted by molar-refractivity contribution is 0.0942. The lowest BCUT2D eigenvalue weighted by Crippen LogP contribution is -2.25. The van der Waals surface area contributed by atoms with Gasteiger partial charge in [-0.3, -0.25) is 14.8 Å². The summed E-state index contributed by atoms with van der Waals surface area (Å²) in [6.07, 6.45) is 4.92. The third kappa shape index (κ3) is 3.27. The molecule has 0 aliphatic heterocycles. The molecular formula is C18H13F2N3O. The molecule has 0 saturated carbocycles. The van der Waals surface area contributed by atoms with E-state index < -0.39 is 23.1 Å². The van der Waals surface area contributed by atoms with Crippen molar-refractivity contribution in [2.75, 3.05) is 0 Å². The zero-order valence-electron chi connectivity index (χ0n) is 12.5. The Hall–Kier alpha value is -3.15. The van der Waals surface area contributed by atoms with Gasteiger partial charge in [-0.05, 0) is 35.9 Å². The van der Waals surface area contributed by atoms with E-state index in [9.17, 15) is 13.6 Å². The summed E-state index contributed by atoms with van der Waals surface area (Å²) in [4.78, 5) is 20.3. The van der Waals surface area contributed by atoms with E-state index in [1.807, 2.05) is 0 Å². The summed E-state index contributed by atoms with van der Waals surface area (Å²) in [6, 6.07) is 10.4. The van der Waals surface area contributed by atoms with Crippen molar-refractivity contribution in [1.82, 2.24) is 15.3 Å². The topological polar surface area (TPSA) is 54.9 Å². The molecule has 0 atom stereocenters. The van der Waals surface area contributed by atoms with Crippen LogP contribution < -0.4 is 5.32 Å². The predicted octanol–water partition coefficient (Wildman–Crippen LogP) is 3.35. The van der Waals surface area contributed by atoms with Gasteiger partial charge in [0.05, 0.1) is 5.69 Å². The second kappa shape index (κ2) is 6.95. The van der Waals surface area contributed by atoms with Crippen molar-refractivity contribution in [2.24, 2.45) is 0 Å². The number of hydrogen-bond acceptors (Lipinski definition) is 3. The first-order chi connectivity index (χ1) is 11.7. The standard InChI is InChI=1S/C18H13F2N3O/c19-14-4-1-5-15(20)16(14)18(24)23-11-13-3-2-8-22-17(13)12-6-9-21-10-7-12/h1-10H,11H2,(H,23,24). The molecule has 1 aromatic carbocycles. The molecule has 120 valence electrons. The molecule has 2 heterocycles. The molecule has 1 N–H and O–H groups in total. The Balaban J connectivity index is 1.82. The molecule has 3 aromatic rings. The maximum atomic E-state index is 13.7. The van der Waals surface area contributed by atoms with E-state index in [-0.39, 0.29) is 6.54 Å². The lowest BCUT2D eigenvalue weighted by atomic mass is 10.1. The van der Waals surface area contributed by atoms with Gasteiger partial charge in [0.2, 0.25) is 0 Å². The van der Waals surface area contributed by atoms with E-state index >= 15 is 0 Å². The molecule has 6 heteroatoms. The average molecular weight is 325 g/mol. The molecular weight excluding hydrogens is 312 g/mol. The monoisotopic (exact) mass is 325 g/mol. The number of rotatable bonds is 4. The summed E-state index contributed by atoms with van der Waals surface area (Å²) in [5.74, 6) is -2.60. The molecule has 24 heavy (non-hydrogen) atoms. The smallest absolute Gasteiger partial charge is 0.257 e. The molecule has 0 radical (unpaired) electrons. The minimum Gasteiger partial charge on any atom is -0.348 e. The molecule has 0 bridgehead atoms. The number of nitrogens with zero attached hydrogens (tertiary/aromatic N) is 2. The zero-order valence-corrected chi connectivity index (χ0v) is 12.5. The van der Waals surface area contributed by atoms with E-state index in [1.165, 1.54) is 6.07 Å².